The molecule has 0 aliphatic rings. The molecule has 0 aromatic carbocycles. The number of anilines is 1. The number of hydrogen-bond donors (Lipinski definition) is 2. The molecule has 0 saturated carbocycles. The molecule has 0 radical (unpaired) electrons. The van der Waals surface area contributed by atoms with E-state index >= 15 is 0 Å². The largest absolute Gasteiger partial charge is 0.481 e. The van der Waals surface area contributed by atoms with Crippen LogP contribution in [0.3, 0.4) is 0 Å². The molecule has 31 heavy (non-hydrogen) atoms. The van der Waals surface area contributed by atoms with Crippen LogP contribution in [0.15, 0.2) is 29.4 Å². The number of aromatic nitrogens is 4. The molecule has 0 atom stereocenters. The Morgan fingerprint density at radius 1 is 1.13 bits per heavy atom. The van der Waals surface area contributed by atoms with Gasteiger partial charge in [-0.15, -0.1) is 0 Å². The van der Waals surface area contributed by atoms with E-state index in [0.29, 0.717) is 16.7 Å². The van der Waals surface area contributed by atoms with Gasteiger partial charge in [0.1, 0.15) is 5.65 Å². The first-order valence-electron chi connectivity index (χ1n) is 8.00. The molecule has 2 amide bonds. The molecule has 11 nitrogen and oxygen atoms in total. The molecule has 166 valence electrons. The van der Waals surface area contributed by atoms with Gasteiger partial charge in [0, 0.05) is 6.20 Å². The maximum absolute atomic E-state index is 13.0. The predicted octanol–water partition coefficient (Wildman–Crippen LogP) is 2.32. The van der Waals surface area contributed by atoms with Gasteiger partial charge in [-0.1, -0.05) is 11.6 Å². The molecule has 0 saturated heterocycles. The van der Waals surface area contributed by atoms with Gasteiger partial charge in [-0.05, 0) is 12.1 Å². The van der Waals surface area contributed by atoms with E-state index in [-0.39, 0.29) is 23.4 Å². The predicted molar refractivity (Wildman–Crippen MR) is 99.7 cm³/mol. The van der Waals surface area contributed by atoms with Gasteiger partial charge in [0.2, 0.25) is 17.7 Å². The molecule has 2 N–H and O–H groups in total. The number of fused-ring (bicyclic) bond motifs is 1. The van der Waals surface area contributed by atoms with Crippen LogP contribution < -0.4 is 19.5 Å². The number of sulfonamides is 1. The van der Waals surface area contributed by atoms with Crippen molar-refractivity contribution in [3.05, 3.63) is 35.1 Å². The number of alkyl halides is 3. The Labute approximate surface area is 177 Å². The van der Waals surface area contributed by atoms with Gasteiger partial charge in [-0.25, -0.2) is 14.5 Å². The highest BCUT2D eigenvalue weighted by atomic mass is 35.5. The number of carbonyl (C=O) groups excluding carboxylic acids is 1. The first-order valence-corrected chi connectivity index (χ1v) is 9.86. The van der Waals surface area contributed by atoms with E-state index < -0.39 is 38.0 Å². The molecule has 0 aliphatic carbocycles. The van der Waals surface area contributed by atoms with E-state index in [0.717, 1.165) is 6.07 Å². The van der Waals surface area contributed by atoms with Crippen LogP contribution in [-0.2, 0) is 16.2 Å². The highest BCUT2D eigenvalue weighted by Crippen LogP contribution is 2.31. The lowest BCUT2D eigenvalue weighted by Crippen LogP contribution is -2.35. The fourth-order valence-corrected chi connectivity index (χ4v) is 3.92. The van der Waals surface area contributed by atoms with Crippen LogP contribution >= 0.6 is 11.6 Å². The molecule has 0 fully saturated rings. The summed E-state index contributed by atoms with van der Waals surface area (Å²) in [6, 6.07) is 1.62. The maximum atomic E-state index is 13.0. The van der Waals surface area contributed by atoms with E-state index in [4.69, 9.17) is 21.1 Å². The number of methoxy groups -OCH3 is 2. The number of urea groups is 1. The van der Waals surface area contributed by atoms with Crippen LogP contribution in [0, 0.1) is 0 Å². The van der Waals surface area contributed by atoms with Crippen LogP contribution in [0.2, 0.25) is 5.15 Å². The van der Waals surface area contributed by atoms with Crippen LogP contribution in [0.4, 0.5) is 23.9 Å². The van der Waals surface area contributed by atoms with Gasteiger partial charge < -0.3 is 9.47 Å². The molecule has 3 heterocycles. The van der Waals surface area contributed by atoms with Crippen LogP contribution in [0.25, 0.3) is 5.65 Å². The van der Waals surface area contributed by atoms with E-state index in [1.165, 1.54) is 20.3 Å². The number of imidazole rings is 1. The molecular formula is C15H12ClF3N6O5S. The highest BCUT2D eigenvalue weighted by Gasteiger charge is 2.33. The van der Waals surface area contributed by atoms with E-state index in [1.807, 2.05) is 5.32 Å². The molecule has 3 rings (SSSR count). The van der Waals surface area contributed by atoms with Gasteiger partial charge in [0.05, 0.1) is 25.8 Å². The Bertz CT molecular complexity index is 1240. The van der Waals surface area contributed by atoms with E-state index in [2.05, 4.69) is 15.0 Å². The van der Waals surface area contributed by atoms with Crippen molar-refractivity contribution in [1.82, 2.24) is 24.1 Å². The van der Waals surface area contributed by atoms with Crippen molar-refractivity contribution in [2.24, 2.45) is 0 Å². The zero-order valence-corrected chi connectivity index (χ0v) is 17.1. The summed E-state index contributed by atoms with van der Waals surface area (Å²) in [5.41, 5.74) is -1.33. The quantitative estimate of drug-likeness (QED) is 0.567. The van der Waals surface area contributed by atoms with Gasteiger partial charge in [-0.2, -0.15) is 31.6 Å². The van der Waals surface area contributed by atoms with Gasteiger partial charge in [0.25, 0.3) is 10.0 Å². The smallest absolute Gasteiger partial charge is 0.417 e. The Kier molecular flexibility index (Phi) is 5.82. The summed E-state index contributed by atoms with van der Waals surface area (Å²) in [5, 5.41) is 0.542. The lowest BCUT2D eigenvalue weighted by Gasteiger charge is -2.11. The summed E-state index contributed by atoms with van der Waals surface area (Å²) in [6.07, 6.45) is -4.25. The van der Waals surface area contributed by atoms with Crippen LogP contribution in [-0.4, -0.2) is 48.0 Å². The zero-order chi connectivity index (χ0) is 23.0. The van der Waals surface area contributed by atoms with Crippen molar-refractivity contribution in [2.45, 2.75) is 11.2 Å². The summed E-state index contributed by atoms with van der Waals surface area (Å²) < 4.78 is 76.3. The van der Waals surface area contributed by atoms with Crippen LogP contribution in [0.1, 0.15) is 5.56 Å². The molecule has 0 bridgehead atoms. The number of pyridine rings is 1. The minimum absolute atomic E-state index is 0.00881. The summed E-state index contributed by atoms with van der Waals surface area (Å²) in [7, 11) is -2.19. The van der Waals surface area contributed by atoms with Crippen LogP contribution in [0.5, 0.6) is 11.8 Å². The third-order valence-corrected chi connectivity index (χ3v) is 5.40. The minimum Gasteiger partial charge on any atom is -0.481 e. The summed E-state index contributed by atoms with van der Waals surface area (Å²) in [6.45, 7) is 0. The standard InChI is InChI=1S/C15H12ClF3N6O5S/c1-29-9-5-10(30-2)22-13(21-9)23-14(26)24-31(27,28)12-11(16)20-8-4-3-7(6-25(8)12)15(17,18)19/h3-6H,1-2H3,(H2,21,22,23,24,26). The Morgan fingerprint density at radius 2 is 1.74 bits per heavy atom. The summed E-state index contributed by atoms with van der Waals surface area (Å²) >= 11 is 5.82. The molecule has 16 heteroatoms. The van der Waals surface area contributed by atoms with Crippen molar-refractivity contribution < 1.29 is 35.9 Å². The Morgan fingerprint density at radius 3 is 2.29 bits per heavy atom. The fraction of sp³-hybridized carbons (Fsp3) is 0.200. The highest BCUT2D eigenvalue weighted by molar-refractivity contribution is 7.90. The van der Waals surface area contributed by atoms with Gasteiger partial charge in [0.15, 0.2) is 10.2 Å². The average Bonchev–Trinajstić information content (AvgIpc) is 3.02. The number of hydrogen-bond acceptors (Lipinski definition) is 8. The fourth-order valence-electron chi connectivity index (χ4n) is 2.37. The third-order valence-electron chi connectivity index (χ3n) is 3.67. The normalized spacial score (nSPS) is 11.9. The molecular weight excluding hydrogens is 469 g/mol. The minimum atomic E-state index is -4.77. The average molecular weight is 481 g/mol. The Hall–Kier alpha value is -3.33. The van der Waals surface area contributed by atoms with Crippen molar-refractivity contribution >= 4 is 39.3 Å². The first-order chi connectivity index (χ1) is 14.4. The third kappa shape index (κ3) is 4.72. The molecule has 0 unspecified atom stereocenters. The SMILES string of the molecule is COc1cc(OC)nc(NC(=O)NS(=O)(=O)c2c(Cl)nc3ccc(C(F)(F)F)cn23)n1. The molecule has 3 aromatic rings. The monoisotopic (exact) mass is 480 g/mol. The second-order valence-electron chi connectivity index (χ2n) is 5.69. The van der Waals surface area contributed by atoms with Gasteiger partial charge in [-0.3, -0.25) is 9.72 Å². The maximum Gasteiger partial charge on any atom is 0.417 e. The topological polar surface area (TPSA) is 137 Å². The number of carbonyl (C=O) groups is 1. The van der Waals surface area contributed by atoms with Crippen molar-refractivity contribution in [1.29, 1.82) is 0 Å². The van der Waals surface area contributed by atoms with Crippen molar-refractivity contribution in [2.75, 3.05) is 19.5 Å². The first kappa shape index (κ1) is 22.4. The number of amides is 2. The summed E-state index contributed by atoms with van der Waals surface area (Å²) in [5.74, 6) is -0.350. The zero-order valence-electron chi connectivity index (χ0n) is 15.6. The molecule has 0 spiro atoms. The number of rotatable bonds is 5. The van der Waals surface area contributed by atoms with E-state index in [9.17, 15) is 26.4 Å². The number of nitrogens with one attached hydrogen (secondary N) is 2. The van der Waals surface area contributed by atoms with E-state index in [1.54, 1.807) is 4.72 Å². The van der Waals surface area contributed by atoms with Crippen molar-refractivity contribution in [3.8, 4) is 11.8 Å². The lowest BCUT2D eigenvalue weighted by molar-refractivity contribution is -0.137. The Balaban J connectivity index is 1.93. The van der Waals surface area contributed by atoms with Gasteiger partial charge >= 0.3 is 12.2 Å². The lowest BCUT2D eigenvalue weighted by atomic mass is 10.3. The second-order valence-corrected chi connectivity index (χ2v) is 7.64. The number of halogens is 4. The molecule has 3 aromatic heterocycles. The number of ether oxygens (including phenoxy) is 2. The number of nitrogens with zero attached hydrogens (tertiary/aromatic N) is 4. The second kappa shape index (κ2) is 8.07. The summed E-state index contributed by atoms with van der Waals surface area (Å²) in [4.78, 5) is 23.5. The van der Waals surface area contributed by atoms with Crippen molar-refractivity contribution in [3.63, 3.8) is 0 Å². The molecule has 0 aliphatic heterocycles.